The van der Waals surface area contributed by atoms with Gasteiger partial charge < -0.3 is 21.1 Å². The van der Waals surface area contributed by atoms with Crippen LogP contribution >= 0.6 is 11.3 Å². The van der Waals surface area contributed by atoms with E-state index in [1.165, 1.54) is 11.3 Å². The Morgan fingerprint density at radius 1 is 1.44 bits per heavy atom. The summed E-state index contributed by atoms with van der Waals surface area (Å²) >= 11 is 1.35. The van der Waals surface area contributed by atoms with Crippen LogP contribution in [-0.4, -0.2) is 46.0 Å². The Hall–Kier alpha value is -2.16. The third-order valence-electron chi connectivity index (χ3n) is 1.83. The number of aliphatic carboxylic acids is 1. The molecule has 0 saturated heterocycles. The molecule has 3 amide bonds. The number of nitrogens with zero attached hydrogens (tertiary/aromatic N) is 2. The second kappa shape index (κ2) is 6.55. The van der Waals surface area contributed by atoms with Gasteiger partial charge in [0.2, 0.25) is 5.91 Å². The average Bonchev–Trinajstić information content (AvgIpc) is 2.76. The molecule has 0 aliphatic carbocycles. The molecule has 1 rings (SSSR count). The summed E-state index contributed by atoms with van der Waals surface area (Å²) in [5, 5.41) is 13.5. The smallest absolute Gasteiger partial charge is 0.323 e. The van der Waals surface area contributed by atoms with Crippen molar-refractivity contribution < 1.29 is 19.5 Å². The standard InChI is InChI=1S/C9H12N4O4S/c10-6(14)4-13(5-8(15)16)9(17)12-3-7-11-1-2-18-7/h1-2H,3-5H2,(H2,10,14)(H,12,17)(H,15,16). The zero-order chi connectivity index (χ0) is 13.5. The van der Waals surface area contributed by atoms with E-state index in [9.17, 15) is 14.4 Å². The van der Waals surface area contributed by atoms with Crippen molar-refractivity contribution in [3.63, 3.8) is 0 Å². The molecule has 0 aliphatic heterocycles. The van der Waals surface area contributed by atoms with Crippen LogP contribution in [-0.2, 0) is 16.1 Å². The monoisotopic (exact) mass is 272 g/mol. The molecule has 0 spiro atoms. The van der Waals surface area contributed by atoms with Crippen molar-refractivity contribution in [2.45, 2.75) is 6.54 Å². The van der Waals surface area contributed by atoms with Crippen molar-refractivity contribution in [2.75, 3.05) is 13.1 Å². The van der Waals surface area contributed by atoms with Crippen LogP contribution in [0.15, 0.2) is 11.6 Å². The number of urea groups is 1. The number of carbonyl (C=O) groups excluding carboxylic acids is 2. The number of carboxylic acid groups (broad SMARTS) is 1. The summed E-state index contributed by atoms with van der Waals surface area (Å²) in [4.78, 5) is 37.7. The summed E-state index contributed by atoms with van der Waals surface area (Å²) in [5.74, 6) is -2.00. The van der Waals surface area contributed by atoms with Crippen molar-refractivity contribution in [1.29, 1.82) is 0 Å². The van der Waals surface area contributed by atoms with E-state index in [1.54, 1.807) is 11.6 Å². The lowest BCUT2D eigenvalue weighted by molar-refractivity contribution is -0.137. The highest BCUT2D eigenvalue weighted by Gasteiger charge is 2.18. The van der Waals surface area contributed by atoms with Gasteiger partial charge in [-0.25, -0.2) is 9.78 Å². The minimum absolute atomic E-state index is 0.172. The van der Waals surface area contributed by atoms with E-state index in [0.29, 0.717) is 5.01 Å². The number of hydrogen-bond donors (Lipinski definition) is 3. The van der Waals surface area contributed by atoms with Gasteiger partial charge in [0.1, 0.15) is 18.1 Å². The van der Waals surface area contributed by atoms with Crippen LogP contribution in [0.5, 0.6) is 0 Å². The Bertz CT molecular complexity index is 418. The molecule has 9 heteroatoms. The molecule has 0 bridgehead atoms. The Kier molecular flexibility index (Phi) is 5.06. The first kappa shape index (κ1) is 13.9. The molecule has 1 heterocycles. The number of amides is 3. The van der Waals surface area contributed by atoms with E-state index < -0.39 is 31.0 Å². The molecule has 0 aliphatic rings. The predicted octanol–water partition coefficient (Wildman–Crippen LogP) is -0.775. The van der Waals surface area contributed by atoms with Crippen LogP contribution in [0.3, 0.4) is 0 Å². The van der Waals surface area contributed by atoms with Crippen LogP contribution in [0.25, 0.3) is 0 Å². The number of nitrogens with two attached hydrogens (primary N) is 1. The van der Waals surface area contributed by atoms with Gasteiger partial charge in [-0.05, 0) is 0 Å². The zero-order valence-corrected chi connectivity index (χ0v) is 10.1. The van der Waals surface area contributed by atoms with Crippen LogP contribution in [0.2, 0.25) is 0 Å². The normalized spacial score (nSPS) is 9.78. The lowest BCUT2D eigenvalue weighted by Crippen LogP contribution is -2.46. The first-order valence-electron chi connectivity index (χ1n) is 4.90. The van der Waals surface area contributed by atoms with Crippen LogP contribution in [0.1, 0.15) is 5.01 Å². The summed E-state index contributed by atoms with van der Waals surface area (Å²) < 4.78 is 0. The van der Waals surface area contributed by atoms with Crippen LogP contribution in [0.4, 0.5) is 4.79 Å². The fourth-order valence-electron chi connectivity index (χ4n) is 1.15. The summed E-state index contributed by atoms with van der Waals surface area (Å²) in [6.07, 6.45) is 1.59. The van der Waals surface area contributed by atoms with Crippen molar-refractivity contribution in [3.8, 4) is 0 Å². The predicted molar refractivity (Wildman–Crippen MR) is 62.8 cm³/mol. The Morgan fingerprint density at radius 3 is 2.67 bits per heavy atom. The zero-order valence-electron chi connectivity index (χ0n) is 9.33. The topological polar surface area (TPSA) is 126 Å². The fourth-order valence-corrected chi connectivity index (χ4v) is 1.71. The molecule has 98 valence electrons. The molecule has 1 aromatic heterocycles. The molecule has 0 radical (unpaired) electrons. The van der Waals surface area contributed by atoms with E-state index >= 15 is 0 Å². The molecular weight excluding hydrogens is 260 g/mol. The maximum Gasteiger partial charge on any atom is 0.323 e. The molecule has 0 fully saturated rings. The quantitative estimate of drug-likeness (QED) is 0.626. The number of carbonyl (C=O) groups is 3. The van der Waals surface area contributed by atoms with Gasteiger partial charge in [0.25, 0.3) is 0 Å². The van der Waals surface area contributed by atoms with Gasteiger partial charge in [-0.1, -0.05) is 0 Å². The van der Waals surface area contributed by atoms with Crippen molar-refractivity contribution >= 4 is 29.2 Å². The molecule has 0 saturated carbocycles. The molecular formula is C9H12N4O4S. The van der Waals surface area contributed by atoms with E-state index in [4.69, 9.17) is 10.8 Å². The van der Waals surface area contributed by atoms with Gasteiger partial charge in [0.15, 0.2) is 0 Å². The van der Waals surface area contributed by atoms with E-state index in [-0.39, 0.29) is 6.54 Å². The van der Waals surface area contributed by atoms with Gasteiger partial charge in [0, 0.05) is 11.6 Å². The number of primary amides is 1. The van der Waals surface area contributed by atoms with Gasteiger partial charge in [-0.2, -0.15) is 0 Å². The number of rotatable bonds is 6. The molecule has 0 unspecified atom stereocenters. The largest absolute Gasteiger partial charge is 0.480 e. The third kappa shape index (κ3) is 4.78. The molecule has 1 aromatic rings. The van der Waals surface area contributed by atoms with Crippen molar-refractivity contribution in [2.24, 2.45) is 5.73 Å². The molecule has 18 heavy (non-hydrogen) atoms. The molecule has 8 nitrogen and oxygen atoms in total. The molecule has 4 N–H and O–H groups in total. The fraction of sp³-hybridized carbons (Fsp3) is 0.333. The number of thiazole rings is 1. The highest BCUT2D eigenvalue weighted by Crippen LogP contribution is 2.03. The Morgan fingerprint density at radius 2 is 2.17 bits per heavy atom. The van der Waals surface area contributed by atoms with Crippen molar-refractivity contribution in [1.82, 2.24) is 15.2 Å². The minimum Gasteiger partial charge on any atom is -0.480 e. The van der Waals surface area contributed by atoms with Crippen LogP contribution < -0.4 is 11.1 Å². The number of nitrogens with one attached hydrogen (secondary N) is 1. The second-order valence-electron chi connectivity index (χ2n) is 3.30. The average molecular weight is 272 g/mol. The third-order valence-corrected chi connectivity index (χ3v) is 2.61. The van der Waals surface area contributed by atoms with Gasteiger partial charge >= 0.3 is 12.0 Å². The maximum absolute atomic E-state index is 11.6. The lowest BCUT2D eigenvalue weighted by Gasteiger charge is -2.19. The van der Waals surface area contributed by atoms with E-state index in [1.807, 2.05) is 0 Å². The lowest BCUT2D eigenvalue weighted by atomic mass is 10.4. The highest BCUT2D eigenvalue weighted by atomic mass is 32.1. The maximum atomic E-state index is 11.6. The first-order valence-corrected chi connectivity index (χ1v) is 5.78. The Balaban J connectivity index is 2.52. The van der Waals surface area contributed by atoms with Crippen molar-refractivity contribution in [3.05, 3.63) is 16.6 Å². The summed E-state index contributed by atoms with van der Waals surface area (Å²) in [6, 6.07) is -0.675. The van der Waals surface area contributed by atoms with Crippen LogP contribution in [0, 0.1) is 0 Å². The van der Waals surface area contributed by atoms with E-state index in [0.717, 1.165) is 4.90 Å². The molecule has 0 atom stereocenters. The number of carboxylic acids is 1. The second-order valence-corrected chi connectivity index (χ2v) is 4.28. The first-order chi connectivity index (χ1) is 8.49. The number of aromatic nitrogens is 1. The molecule has 0 aromatic carbocycles. The summed E-state index contributed by atoms with van der Waals surface area (Å²) in [7, 11) is 0. The van der Waals surface area contributed by atoms with Gasteiger partial charge in [0.05, 0.1) is 6.54 Å². The highest BCUT2D eigenvalue weighted by molar-refractivity contribution is 7.09. The van der Waals surface area contributed by atoms with Gasteiger partial charge in [-0.15, -0.1) is 11.3 Å². The van der Waals surface area contributed by atoms with E-state index in [2.05, 4.69) is 10.3 Å². The Labute approximate surface area is 106 Å². The summed E-state index contributed by atoms with van der Waals surface area (Å²) in [6.45, 7) is -0.867. The SMILES string of the molecule is NC(=O)CN(CC(=O)O)C(=O)NCc1nccs1. The van der Waals surface area contributed by atoms with Gasteiger partial charge in [-0.3, -0.25) is 9.59 Å². The summed E-state index contributed by atoms with van der Waals surface area (Å²) in [5.41, 5.74) is 4.93. The minimum atomic E-state index is -1.22. The number of hydrogen-bond acceptors (Lipinski definition) is 5.